The molecular weight excluding hydrogens is 504 g/mol. The zero-order chi connectivity index (χ0) is 27.5. The van der Waals surface area contributed by atoms with Gasteiger partial charge in [-0.05, 0) is 18.2 Å². The van der Waals surface area contributed by atoms with Crippen molar-refractivity contribution in [2.24, 2.45) is 15.3 Å². The van der Waals surface area contributed by atoms with Crippen molar-refractivity contribution in [3.63, 3.8) is 0 Å². The van der Waals surface area contributed by atoms with Gasteiger partial charge in [-0.1, -0.05) is 122 Å². The Labute approximate surface area is 227 Å². The molecular formula is C28H41CuN4O3. The summed E-state index contributed by atoms with van der Waals surface area (Å²) in [4.78, 5) is 8.00. The van der Waals surface area contributed by atoms with Crippen molar-refractivity contribution in [2.75, 3.05) is 0 Å². The number of para-hydroxylation sites is 2. The van der Waals surface area contributed by atoms with Crippen molar-refractivity contribution in [1.29, 1.82) is 0 Å². The predicted molar refractivity (Wildman–Crippen MR) is 149 cm³/mol. The number of aromatic hydroxyl groups is 2. The van der Waals surface area contributed by atoms with Gasteiger partial charge in [-0.25, -0.2) is 0 Å². The number of benzene rings is 3. The number of phenols is 2. The van der Waals surface area contributed by atoms with E-state index in [1.54, 1.807) is 36.4 Å². The van der Waals surface area contributed by atoms with E-state index in [9.17, 15) is 10.2 Å². The standard InChI is InChI=1S/C19H15N4O2.4C2H6.CH2O.Cu/c24-17-12-6-4-10-15(17)20-22-19(14-8-2-1-3-9-14)23-21-16-11-5-7-13-18(16)25;5*1-2;/h1-13H,(H2-,20,21,22,23,24,25);4*1-2H3;1H2;/q-1;;;;;;+1. The van der Waals surface area contributed by atoms with E-state index in [1.807, 2.05) is 92.5 Å². The average molecular weight is 545 g/mol. The Balaban J connectivity index is -0.000000416. The number of nitrogens with zero attached hydrogens (tertiary/aromatic N) is 4. The van der Waals surface area contributed by atoms with Gasteiger partial charge in [0, 0.05) is 5.56 Å². The molecule has 0 bridgehead atoms. The van der Waals surface area contributed by atoms with Gasteiger partial charge in [0.05, 0.1) is 0 Å². The van der Waals surface area contributed by atoms with Crippen LogP contribution in [0.4, 0.5) is 11.4 Å². The van der Waals surface area contributed by atoms with Crippen molar-refractivity contribution < 1.29 is 32.1 Å². The molecule has 0 aromatic heterocycles. The topological polar surface area (TPSA) is 109 Å². The zero-order valence-corrected chi connectivity index (χ0v) is 23.5. The molecule has 8 heteroatoms. The monoisotopic (exact) mass is 544 g/mol. The number of amidine groups is 1. The molecule has 0 aliphatic carbocycles. The summed E-state index contributed by atoms with van der Waals surface area (Å²) in [5.41, 5.74) is 5.40. The van der Waals surface area contributed by atoms with Gasteiger partial charge in [0.15, 0.2) is 5.84 Å². The van der Waals surface area contributed by atoms with Crippen LogP contribution in [0.5, 0.6) is 11.5 Å². The first kappa shape index (κ1) is 39.7. The third-order valence-electron chi connectivity index (χ3n) is 3.30. The molecule has 0 fully saturated rings. The van der Waals surface area contributed by atoms with Gasteiger partial charge in [0.25, 0.3) is 0 Å². The summed E-state index contributed by atoms with van der Waals surface area (Å²) in [5, 5.41) is 31.8. The summed E-state index contributed by atoms with van der Waals surface area (Å²) in [6.45, 7) is 18.0. The maximum absolute atomic E-state index is 9.79. The van der Waals surface area contributed by atoms with Crippen LogP contribution < -0.4 is 0 Å². The van der Waals surface area contributed by atoms with Crippen LogP contribution in [-0.2, 0) is 21.9 Å². The second-order valence-corrected chi connectivity index (χ2v) is 5.07. The van der Waals surface area contributed by atoms with Gasteiger partial charge in [-0.15, -0.1) is 10.2 Å². The van der Waals surface area contributed by atoms with Crippen molar-refractivity contribution in [3.8, 4) is 11.5 Å². The average Bonchev–Trinajstić information content (AvgIpc) is 2.96. The van der Waals surface area contributed by atoms with Gasteiger partial charge in [0.1, 0.15) is 24.0 Å². The van der Waals surface area contributed by atoms with Crippen LogP contribution in [0.2, 0.25) is 0 Å². The van der Waals surface area contributed by atoms with Crippen molar-refractivity contribution >= 4 is 24.0 Å². The molecule has 0 spiro atoms. The van der Waals surface area contributed by atoms with Crippen molar-refractivity contribution in [2.45, 2.75) is 55.4 Å². The Bertz CT molecular complexity index is 937. The van der Waals surface area contributed by atoms with Crippen LogP contribution in [-0.4, -0.2) is 22.8 Å². The Morgan fingerprint density at radius 3 is 1.61 bits per heavy atom. The molecule has 3 aromatic rings. The molecule has 3 aromatic carbocycles. The molecule has 0 atom stereocenters. The van der Waals surface area contributed by atoms with E-state index in [1.165, 1.54) is 12.1 Å². The number of rotatable bonds is 4. The maximum atomic E-state index is 9.79. The molecule has 36 heavy (non-hydrogen) atoms. The third kappa shape index (κ3) is 16.2. The zero-order valence-electron chi connectivity index (χ0n) is 22.6. The van der Waals surface area contributed by atoms with Gasteiger partial charge in [0.2, 0.25) is 0 Å². The molecule has 202 valence electrons. The molecule has 2 N–H and O–H groups in total. The van der Waals surface area contributed by atoms with E-state index in [0.29, 0.717) is 16.9 Å². The van der Waals surface area contributed by atoms with Gasteiger partial charge in [-0.2, -0.15) is 0 Å². The summed E-state index contributed by atoms with van der Waals surface area (Å²) in [6.07, 6.45) is 0. The largest absolute Gasteiger partial charge is 1.00 e. The minimum Gasteiger partial charge on any atom is -0.571 e. The van der Waals surface area contributed by atoms with Gasteiger partial charge < -0.3 is 25.5 Å². The molecule has 0 amide bonds. The molecule has 0 heterocycles. The molecule has 0 unspecified atom stereocenters. The molecule has 0 aliphatic rings. The Morgan fingerprint density at radius 1 is 0.667 bits per heavy atom. The van der Waals surface area contributed by atoms with E-state index in [4.69, 9.17) is 4.79 Å². The Hall–Kier alpha value is -3.48. The SMILES string of the molecule is C=O.CC.CC.CC.CC.Oc1ccccc1N=NC(=N[N-]c1ccccc1O)c1ccccc1.[Cu+]. The van der Waals surface area contributed by atoms with Crippen LogP contribution in [0.25, 0.3) is 5.43 Å². The summed E-state index contributed by atoms with van der Waals surface area (Å²) in [5.74, 6) is 0.305. The first-order chi connectivity index (χ1) is 17.2. The third-order valence-corrected chi connectivity index (χ3v) is 3.30. The summed E-state index contributed by atoms with van der Waals surface area (Å²) < 4.78 is 0. The Kier molecular flexibility index (Phi) is 32.6. The molecule has 3 rings (SSSR count). The van der Waals surface area contributed by atoms with Crippen LogP contribution >= 0.6 is 0 Å². The van der Waals surface area contributed by atoms with Gasteiger partial charge >= 0.3 is 17.1 Å². The fraction of sp³-hybridized carbons (Fsp3) is 0.286. The van der Waals surface area contributed by atoms with Crippen molar-refractivity contribution in [1.82, 2.24) is 0 Å². The molecule has 0 saturated heterocycles. The summed E-state index contributed by atoms with van der Waals surface area (Å²) in [7, 11) is 0. The second-order valence-electron chi connectivity index (χ2n) is 5.07. The van der Waals surface area contributed by atoms with E-state index < -0.39 is 0 Å². The van der Waals surface area contributed by atoms with Crippen LogP contribution in [0.1, 0.15) is 61.0 Å². The number of carbonyl (C=O) groups is 1. The number of hydrogen-bond donors (Lipinski definition) is 2. The fourth-order valence-electron chi connectivity index (χ4n) is 2.02. The van der Waals surface area contributed by atoms with Crippen LogP contribution in [0, 0.1) is 0 Å². The second kappa shape index (κ2) is 29.6. The van der Waals surface area contributed by atoms with E-state index in [0.717, 1.165) is 0 Å². The predicted octanol–water partition coefficient (Wildman–Crippen LogP) is 9.17. The number of azo groups is 1. The number of hydrogen-bond acceptors (Lipinski definition) is 5. The number of phenolic OH excluding ortho intramolecular Hbond substituents is 2. The molecule has 0 saturated carbocycles. The van der Waals surface area contributed by atoms with Crippen LogP contribution in [0.15, 0.2) is 94.2 Å². The Morgan fingerprint density at radius 2 is 1.11 bits per heavy atom. The van der Waals surface area contributed by atoms with E-state index in [2.05, 4.69) is 20.8 Å². The summed E-state index contributed by atoms with van der Waals surface area (Å²) in [6, 6.07) is 22.5. The van der Waals surface area contributed by atoms with Crippen LogP contribution in [0.3, 0.4) is 0 Å². The fourth-order valence-corrected chi connectivity index (χ4v) is 2.02. The first-order valence-electron chi connectivity index (χ1n) is 11.8. The maximum Gasteiger partial charge on any atom is 1.00 e. The quantitative estimate of drug-likeness (QED) is 0.112. The minimum absolute atomic E-state index is 0. The molecule has 0 aliphatic heterocycles. The van der Waals surface area contributed by atoms with E-state index in [-0.39, 0.29) is 34.4 Å². The summed E-state index contributed by atoms with van der Waals surface area (Å²) >= 11 is 0. The molecule has 7 nitrogen and oxygen atoms in total. The first-order valence-corrected chi connectivity index (χ1v) is 11.8. The normalized spacial score (nSPS) is 8.83. The van der Waals surface area contributed by atoms with E-state index >= 15 is 0 Å². The minimum atomic E-state index is 0. The molecule has 0 radical (unpaired) electrons. The number of carbonyl (C=O) groups excluding carboxylic acids is 1. The smallest absolute Gasteiger partial charge is 0.571 e. The van der Waals surface area contributed by atoms with Gasteiger partial charge in [-0.3, -0.25) is 0 Å². The van der Waals surface area contributed by atoms with Crippen molar-refractivity contribution in [3.05, 3.63) is 89.9 Å².